The second kappa shape index (κ2) is 10.6. The molecule has 0 aliphatic carbocycles. The molecule has 6 heteroatoms. The van der Waals surface area contributed by atoms with Gasteiger partial charge in [0.05, 0.1) is 0 Å². The number of benzene rings is 3. The lowest BCUT2D eigenvalue weighted by Crippen LogP contribution is -2.43. The highest BCUT2D eigenvalue weighted by Gasteiger charge is 2.23. The van der Waals surface area contributed by atoms with E-state index in [1.165, 1.54) is 0 Å². The normalized spacial score (nSPS) is 11.3. The van der Waals surface area contributed by atoms with Gasteiger partial charge in [-0.15, -0.1) is 0 Å². The van der Waals surface area contributed by atoms with E-state index in [1.807, 2.05) is 78.9 Å². The Hall–Kier alpha value is -3.64. The number of hydrogen-bond acceptors (Lipinski definition) is 5. The highest BCUT2D eigenvalue weighted by Crippen LogP contribution is 2.15. The molecule has 29 heavy (non-hydrogen) atoms. The fourth-order valence-electron chi connectivity index (χ4n) is 2.63. The zero-order valence-corrected chi connectivity index (χ0v) is 15.8. The van der Waals surface area contributed by atoms with Gasteiger partial charge in [-0.3, -0.25) is 5.43 Å². The molecule has 3 rings (SSSR count). The molecule has 0 bridgehead atoms. The minimum Gasteiger partial charge on any atom is -0.459 e. The third kappa shape index (κ3) is 6.48. The third-order valence-corrected chi connectivity index (χ3v) is 4.12. The van der Waals surface area contributed by atoms with Crippen LogP contribution in [0, 0.1) is 0 Å². The summed E-state index contributed by atoms with van der Waals surface area (Å²) in [5.74, 6) is -0.511. The van der Waals surface area contributed by atoms with Gasteiger partial charge in [0, 0.05) is 0 Å². The van der Waals surface area contributed by atoms with Gasteiger partial charge in [-0.1, -0.05) is 91.0 Å². The first-order valence-electron chi connectivity index (χ1n) is 9.20. The first-order chi connectivity index (χ1) is 14.2. The van der Waals surface area contributed by atoms with Crippen LogP contribution in [0.5, 0.6) is 0 Å². The quantitative estimate of drug-likeness (QED) is 0.451. The predicted octanol–water partition coefficient (Wildman–Crippen LogP) is 3.90. The van der Waals surface area contributed by atoms with E-state index in [0.717, 1.165) is 11.1 Å². The van der Waals surface area contributed by atoms with Gasteiger partial charge in [0.15, 0.2) is 0 Å². The largest absolute Gasteiger partial charge is 0.459 e. The first-order valence-corrected chi connectivity index (χ1v) is 9.20. The molecule has 0 radical (unpaired) electrons. The summed E-state index contributed by atoms with van der Waals surface area (Å²) >= 11 is 0. The van der Waals surface area contributed by atoms with Gasteiger partial charge in [0.2, 0.25) is 0 Å². The van der Waals surface area contributed by atoms with Crippen LogP contribution in [-0.2, 0) is 27.5 Å². The molecule has 2 N–H and O–H groups in total. The second-order valence-corrected chi connectivity index (χ2v) is 6.27. The molecule has 0 heterocycles. The number of carbonyl (C=O) groups excluding carboxylic acids is 2. The maximum Gasteiger partial charge on any atom is 0.421 e. The van der Waals surface area contributed by atoms with Crippen molar-refractivity contribution in [3.63, 3.8) is 0 Å². The van der Waals surface area contributed by atoms with Crippen molar-refractivity contribution in [2.45, 2.75) is 19.3 Å². The van der Waals surface area contributed by atoms with Crippen molar-refractivity contribution in [3.8, 4) is 0 Å². The topological polar surface area (TPSA) is 76.7 Å². The van der Waals surface area contributed by atoms with Crippen molar-refractivity contribution < 1.29 is 19.1 Å². The summed E-state index contributed by atoms with van der Waals surface area (Å²) in [5.41, 5.74) is 7.53. The Morgan fingerprint density at radius 2 is 1.17 bits per heavy atom. The lowest BCUT2D eigenvalue weighted by molar-refractivity contribution is -0.148. The number of rotatable bonds is 8. The summed E-state index contributed by atoms with van der Waals surface area (Å²) in [4.78, 5) is 24.6. The average Bonchev–Trinajstić information content (AvgIpc) is 2.78. The van der Waals surface area contributed by atoms with Gasteiger partial charge >= 0.3 is 12.1 Å². The van der Waals surface area contributed by atoms with Gasteiger partial charge in [-0.2, -0.15) is 0 Å². The monoisotopic (exact) mass is 390 g/mol. The van der Waals surface area contributed by atoms with E-state index < -0.39 is 18.1 Å². The van der Waals surface area contributed by atoms with Crippen molar-refractivity contribution in [2.75, 3.05) is 0 Å². The molecular weight excluding hydrogens is 368 g/mol. The molecule has 1 atom stereocenters. The van der Waals surface area contributed by atoms with Crippen LogP contribution in [0.2, 0.25) is 0 Å². The predicted molar refractivity (Wildman–Crippen MR) is 108 cm³/mol. The summed E-state index contributed by atoms with van der Waals surface area (Å²) in [5, 5.41) is 0. The number of amides is 1. The first kappa shape index (κ1) is 20.1. The molecule has 0 fully saturated rings. The summed E-state index contributed by atoms with van der Waals surface area (Å²) in [7, 11) is 0. The Balaban J connectivity index is 1.57. The molecule has 0 spiro atoms. The Morgan fingerprint density at radius 3 is 1.72 bits per heavy atom. The van der Waals surface area contributed by atoms with Crippen LogP contribution < -0.4 is 10.9 Å². The number of nitrogens with one attached hydrogen (secondary N) is 2. The Labute approximate surface area is 169 Å². The Morgan fingerprint density at radius 1 is 0.690 bits per heavy atom. The minimum absolute atomic E-state index is 0.128. The maximum absolute atomic E-state index is 12.6. The molecule has 1 amide bonds. The maximum atomic E-state index is 12.6. The summed E-state index contributed by atoms with van der Waals surface area (Å²) < 4.78 is 10.6. The van der Waals surface area contributed by atoms with Gasteiger partial charge in [-0.05, 0) is 16.7 Å². The molecule has 148 valence electrons. The van der Waals surface area contributed by atoms with Crippen molar-refractivity contribution >= 4 is 12.1 Å². The fourth-order valence-corrected chi connectivity index (χ4v) is 2.63. The van der Waals surface area contributed by atoms with E-state index in [0.29, 0.717) is 5.56 Å². The molecule has 0 aliphatic heterocycles. The van der Waals surface area contributed by atoms with Crippen LogP contribution in [-0.4, -0.2) is 12.1 Å². The molecule has 0 unspecified atom stereocenters. The number of hydrazine groups is 1. The van der Waals surface area contributed by atoms with E-state index in [-0.39, 0.29) is 13.2 Å². The number of hydrogen-bond donors (Lipinski definition) is 2. The Bertz CT molecular complexity index is 902. The van der Waals surface area contributed by atoms with Gasteiger partial charge in [-0.25, -0.2) is 15.0 Å². The van der Waals surface area contributed by atoms with Gasteiger partial charge in [0.25, 0.3) is 0 Å². The van der Waals surface area contributed by atoms with Crippen LogP contribution >= 0.6 is 0 Å². The number of ether oxygens (including phenoxy) is 2. The highest BCUT2D eigenvalue weighted by molar-refractivity contribution is 5.78. The van der Waals surface area contributed by atoms with Gasteiger partial charge < -0.3 is 9.47 Å². The molecule has 3 aromatic rings. The van der Waals surface area contributed by atoms with Crippen molar-refractivity contribution in [3.05, 3.63) is 108 Å². The molecule has 6 nitrogen and oxygen atoms in total. The molecule has 0 saturated heterocycles. The second-order valence-electron chi connectivity index (χ2n) is 6.27. The highest BCUT2D eigenvalue weighted by atomic mass is 16.6. The standard InChI is InChI=1S/C23H22N2O4/c26-22(28-16-18-10-4-1-5-11-18)21(20-14-8-3-9-15-20)24-25-23(27)29-17-19-12-6-2-7-13-19/h1-15,21,24H,16-17H2,(H,25,27)/t21-/m0/s1. The molecule has 0 aromatic heterocycles. The van der Waals surface area contributed by atoms with Crippen LogP contribution in [0.1, 0.15) is 22.7 Å². The van der Waals surface area contributed by atoms with Crippen molar-refractivity contribution in [1.29, 1.82) is 0 Å². The lowest BCUT2D eigenvalue weighted by Gasteiger charge is -2.18. The van der Waals surface area contributed by atoms with Crippen LogP contribution in [0.3, 0.4) is 0 Å². The van der Waals surface area contributed by atoms with E-state index in [2.05, 4.69) is 10.9 Å². The van der Waals surface area contributed by atoms with Crippen molar-refractivity contribution in [2.24, 2.45) is 0 Å². The van der Waals surface area contributed by atoms with Crippen LogP contribution in [0.15, 0.2) is 91.0 Å². The van der Waals surface area contributed by atoms with Gasteiger partial charge in [0.1, 0.15) is 19.3 Å². The van der Waals surface area contributed by atoms with E-state index >= 15 is 0 Å². The van der Waals surface area contributed by atoms with E-state index in [4.69, 9.17) is 9.47 Å². The smallest absolute Gasteiger partial charge is 0.421 e. The zero-order chi connectivity index (χ0) is 20.3. The molecule has 0 aliphatic rings. The number of carbonyl (C=O) groups is 2. The summed E-state index contributed by atoms with van der Waals surface area (Å²) in [6.45, 7) is 0.270. The average molecular weight is 390 g/mol. The van der Waals surface area contributed by atoms with Crippen LogP contribution in [0.4, 0.5) is 4.79 Å². The van der Waals surface area contributed by atoms with E-state index in [1.54, 1.807) is 12.1 Å². The summed E-state index contributed by atoms with van der Waals surface area (Å²) in [6, 6.07) is 26.9. The minimum atomic E-state index is -0.871. The molecule has 3 aromatic carbocycles. The zero-order valence-electron chi connectivity index (χ0n) is 15.8. The Kier molecular flexibility index (Phi) is 7.37. The van der Waals surface area contributed by atoms with E-state index in [9.17, 15) is 9.59 Å². The molecule has 0 saturated carbocycles. The lowest BCUT2D eigenvalue weighted by atomic mass is 10.1. The van der Waals surface area contributed by atoms with Crippen LogP contribution in [0.25, 0.3) is 0 Å². The van der Waals surface area contributed by atoms with Crippen molar-refractivity contribution in [1.82, 2.24) is 10.9 Å². The number of esters is 1. The SMILES string of the molecule is O=C(NN[C@H](C(=O)OCc1ccccc1)c1ccccc1)OCc1ccccc1. The fraction of sp³-hybridized carbons (Fsp3) is 0.130. The summed E-state index contributed by atoms with van der Waals surface area (Å²) in [6.07, 6.45) is -0.689. The third-order valence-electron chi connectivity index (χ3n) is 4.12. The molecular formula is C23H22N2O4.